The van der Waals surface area contributed by atoms with Crippen LogP contribution in [-0.4, -0.2) is 44.9 Å². The van der Waals surface area contributed by atoms with Gasteiger partial charge in [0.1, 0.15) is 5.82 Å². The molecule has 8 heteroatoms. The molecule has 0 saturated carbocycles. The van der Waals surface area contributed by atoms with Crippen molar-refractivity contribution in [3.05, 3.63) is 65.0 Å². The molecule has 1 saturated heterocycles. The van der Waals surface area contributed by atoms with Crippen LogP contribution < -0.4 is 5.32 Å². The van der Waals surface area contributed by atoms with E-state index in [4.69, 9.17) is 4.74 Å². The summed E-state index contributed by atoms with van der Waals surface area (Å²) in [5, 5.41) is 2.71. The molecule has 0 aromatic heterocycles. The maximum Gasteiger partial charge on any atom is 0.251 e. The molecule has 1 fully saturated rings. The molecule has 1 amide bonds. The fourth-order valence-corrected chi connectivity index (χ4v) is 4.30. The van der Waals surface area contributed by atoms with Gasteiger partial charge in [-0.2, -0.15) is 4.31 Å². The monoisotopic (exact) mass is 392 g/mol. The number of sulfonamides is 1. The maximum absolute atomic E-state index is 13.2. The van der Waals surface area contributed by atoms with E-state index in [0.29, 0.717) is 24.3 Å². The van der Waals surface area contributed by atoms with Crippen LogP contribution in [0.15, 0.2) is 47.4 Å². The van der Waals surface area contributed by atoms with Crippen molar-refractivity contribution in [2.75, 3.05) is 26.3 Å². The lowest BCUT2D eigenvalue weighted by Gasteiger charge is -2.26. The molecule has 0 radical (unpaired) electrons. The predicted molar refractivity (Wildman–Crippen MR) is 98.3 cm³/mol. The second-order valence-electron chi connectivity index (χ2n) is 6.31. The van der Waals surface area contributed by atoms with Gasteiger partial charge in [-0.15, -0.1) is 0 Å². The third kappa shape index (κ3) is 4.52. The van der Waals surface area contributed by atoms with E-state index >= 15 is 0 Å². The Morgan fingerprint density at radius 3 is 2.63 bits per heavy atom. The molecule has 2 aromatic carbocycles. The predicted octanol–water partition coefficient (Wildman–Crippen LogP) is 2.09. The number of hydrogen-bond donors (Lipinski definition) is 1. The largest absolute Gasteiger partial charge is 0.379 e. The van der Waals surface area contributed by atoms with Crippen LogP contribution in [0.2, 0.25) is 0 Å². The van der Waals surface area contributed by atoms with E-state index in [1.165, 1.54) is 28.6 Å². The molecule has 2 aromatic rings. The smallest absolute Gasteiger partial charge is 0.251 e. The molecule has 27 heavy (non-hydrogen) atoms. The minimum absolute atomic E-state index is 0.0749. The van der Waals surface area contributed by atoms with Gasteiger partial charge < -0.3 is 10.1 Å². The van der Waals surface area contributed by atoms with E-state index in [1.807, 2.05) is 0 Å². The molecular formula is C19H21FN2O4S. The van der Waals surface area contributed by atoms with Crippen molar-refractivity contribution in [1.82, 2.24) is 9.62 Å². The Kier molecular flexibility index (Phi) is 5.88. The van der Waals surface area contributed by atoms with Crippen molar-refractivity contribution in [3.8, 4) is 0 Å². The highest BCUT2D eigenvalue weighted by atomic mass is 32.2. The summed E-state index contributed by atoms with van der Waals surface area (Å²) in [5.41, 5.74) is 1.56. The number of ether oxygens (including phenoxy) is 1. The number of hydrogen-bond acceptors (Lipinski definition) is 4. The average Bonchev–Trinajstić information content (AvgIpc) is 2.67. The zero-order chi connectivity index (χ0) is 19.4. The number of nitrogens with zero attached hydrogens (tertiary/aromatic N) is 1. The highest BCUT2D eigenvalue weighted by molar-refractivity contribution is 7.89. The average molecular weight is 392 g/mol. The van der Waals surface area contributed by atoms with Crippen LogP contribution in [0.3, 0.4) is 0 Å². The van der Waals surface area contributed by atoms with Gasteiger partial charge in [0, 0.05) is 25.2 Å². The summed E-state index contributed by atoms with van der Waals surface area (Å²) in [6.45, 7) is 3.17. The summed E-state index contributed by atoms with van der Waals surface area (Å²) in [7, 11) is -3.68. The van der Waals surface area contributed by atoms with E-state index in [2.05, 4.69) is 5.32 Å². The van der Waals surface area contributed by atoms with Crippen molar-refractivity contribution < 1.29 is 22.3 Å². The SMILES string of the molecule is Cc1ccc(S(=O)(=O)N2CCOCC2)cc1C(=O)NCc1cccc(F)c1. The van der Waals surface area contributed by atoms with Crippen molar-refractivity contribution >= 4 is 15.9 Å². The van der Waals surface area contributed by atoms with Crippen molar-refractivity contribution in [3.63, 3.8) is 0 Å². The topological polar surface area (TPSA) is 75.7 Å². The van der Waals surface area contributed by atoms with Crippen molar-refractivity contribution in [2.45, 2.75) is 18.4 Å². The van der Waals surface area contributed by atoms with Gasteiger partial charge in [0.25, 0.3) is 5.91 Å². The number of rotatable bonds is 5. The summed E-state index contributed by atoms with van der Waals surface area (Å²) in [5.74, 6) is -0.785. The number of aryl methyl sites for hydroxylation is 1. The van der Waals surface area contributed by atoms with Gasteiger partial charge in [-0.05, 0) is 42.3 Å². The fourth-order valence-electron chi connectivity index (χ4n) is 2.87. The van der Waals surface area contributed by atoms with Gasteiger partial charge >= 0.3 is 0 Å². The van der Waals surface area contributed by atoms with Gasteiger partial charge in [-0.3, -0.25) is 4.79 Å². The standard InChI is InChI=1S/C19H21FN2O4S/c1-14-5-6-17(27(24,25)22-7-9-26-10-8-22)12-18(14)19(23)21-13-15-3-2-4-16(20)11-15/h2-6,11-12H,7-10,13H2,1H3,(H,21,23). The van der Waals surface area contributed by atoms with Crippen LogP contribution in [0.1, 0.15) is 21.5 Å². The number of carbonyl (C=O) groups excluding carboxylic acids is 1. The Balaban J connectivity index is 1.79. The summed E-state index contributed by atoms with van der Waals surface area (Å²) < 4.78 is 45.4. The lowest BCUT2D eigenvalue weighted by Crippen LogP contribution is -2.40. The Bertz CT molecular complexity index is 940. The van der Waals surface area contributed by atoms with Crippen LogP contribution >= 0.6 is 0 Å². The molecule has 0 aliphatic carbocycles. The van der Waals surface area contributed by atoms with Gasteiger partial charge in [0.05, 0.1) is 18.1 Å². The normalized spacial score (nSPS) is 15.5. The van der Waals surface area contributed by atoms with Gasteiger partial charge in [-0.25, -0.2) is 12.8 Å². The lowest BCUT2D eigenvalue weighted by molar-refractivity contribution is 0.0730. The van der Waals surface area contributed by atoms with Crippen LogP contribution in [0.25, 0.3) is 0 Å². The van der Waals surface area contributed by atoms with Gasteiger partial charge in [0.2, 0.25) is 10.0 Å². The zero-order valence-electron chi connectivity index (χ0n) is 14.9. The fraction of sp³-hybridized carbons (Fsp3) is 0.316. The molecule has 6 nitrogen and oxygen atoms in total. The van der Waals surface area contributed by atoms with Crippen LogP contribution in [0.4, 0.5) is 4.39 Å². The Morgan fingerprint density at radius 1 is 1.19 bits per heavy atom. The number of halogens is 1. The summed E-state index contributed by atoms with van der Waals surface area (Å²) in [6.07, 6.45) is 0. The molecule has 1 aliphatic heterocycles. The molecule has 0 unspecified atom stereocenters. The molecule has 3 rings (SSSR count). The van der Waals surface area contributed by atoms with E-state index in [0.717, 1.165) is 0 Å². The molecule has 144 valence electrons. The minimum atomic E-state index is -3.68. The van der Waals surface area contributed by atoms with Crippen LogP contribution in [0.5, 0.6) is 0 Å². The highest BCUT2D eigenvalue weighted by Crippen LogP contribution is 2.20. The summed E-state index contributed by atoms with van der Waals surface area (Å²) in [6, 6.07) is 10.4. The van der Waals surface area contributed by atoms with Crippen molar-refractivity contribution in [2.24, 2.45) is 0 Å². The molecule has 1 N–H and O–H groups in total. The molecule has 0 spiro atoms. The third-order valence-corrected chi connectivity index (χ3v) is 6.30. The number of benzene rings is 2. The second-order valence-corrected chi connectivity index (χ2v) is 8.24. The Labute approximate surface area is 158 Å². The van der Waals surface area contributed by atoms with Crippen molar-refractivity contribution in [1.29, 1.82) is 0 Å². The first-order valence-electron chi connectivity index (χ1n) is 8.59. The number of carbonyl (C=O) groups is 1. The molecular weight excluding hydrogens is 371 g/mol. The van der Waals surface area contributed by atoms with E-state index in [-0.39, 0.29) is 35.9 Å². The molecule has 1 heterocycles. The quantitative estimate of drug-likeness (QED) is 0.845. The molecule has 0 atom stereocenters. The maximum atomic E-state index is 13.2. The number of morpholine rings is 1. The van der Waals surface area contributed by atoms with Crippen LogP contribution in [0, 0.1) is 12.7 Å². The second kappa shape index (κ2) is 8.16. The van der Waals surface area contributed by atoms with E-state index in [9.17, 15) is 17.6 Å². The van der Waals surface area contributed by atoms with Crippen LogP contribution in [-0.2, 0) is 21.3 Å². The molecule has 0 bridgehead atoms. The Hall–Kier alpha value is -2.29. The highest BCUT2D eigenvalue weighted by Gasteiger charge is 2.27. The summed E-state index contributed by atoms with van der Waals surface area (Å²) >= 11 is 0. The van der Waals surface area contributed by atoms with E-state index < -0.39 is 15.9 Å². The molecule has 1 aliphatic rings. The first-order chi connectivity index (χ1) is 12.9. The zero-order valence-corrected chi connectivity index (χ0v) is 15.8. The first kappa shape index (κ1) is 19.5. The first-order valence-corrected chi connectivity index (χ1v) is 10.0. The number of nitrogens with one attached hydrogen (secondary N) is 1. The lowest BCUT2D eigenvalue weighted by atomic mass is 10.1. The summed E-state index contributed by atoms with van der Waals surface area (Å²) in [4.78, 5) is 12.6. The third-order valence-electron chi connectivity index (χ3n) is 4.40. The Morgan fingerprint density at radius 2 is 1.93 bits per heavy atom. The number of amides is 1. The van der Waals surface area contributed by atoms with Gasteiger partial charge in [0.15, 0.2) is 0 Å². The van der Waals surface area contributed by atoms with E-state index in [1.54, 1.807) is 25.1 Å². The van der Waals surface area contributed by atoms with Gasteiger partial charge in [-0.1, -0.05) is 18.2 Å². The minimum Gasteiger partial charge on any atom is -0.379 e.